The summed E-state index contributed by atoms with van der Waals surface area (Å²) >= 11 is 0. The molecule has 1 aromatic rings. The molecule has 0 aliphatic heterocycles. The van der Waals surface area contributed by atoms with E-state index in [2.05, 4.69) is 23.8 Å². The Bertz CT molecular complexity index is 323. The second-order valence-electron chi connectivity index (χ2n) is 3.00. The first-order valence-corrected chi connectivity index (χ1v) is 3.88. The molecule has 0 atom stereocenters. The van der Waals surface area contributed by atoms with Gasteiger partial charge in [0.1, 0.15) is 6.07 Å². The van der Waals surface area contributed by atoms with Crippen molar-refractivity contribution >= 4 is 0 Å². The second-order valence-corrected chi connectivity index (χ2v) is 3.00. The average molecular weight is 161 g/mol. The molecule has 0 fully saturated rings. The molecule has 0 radical (unpaired) electrons. The zero-order valence-corrected chi connectivity index (χ0v) is 7.50. The zero-order valence-electron chi connectivity index (χ0n) is 7.50. The van der Waals surface area contributed by atoms with Crippen LogP contribution in [-0.4, -0.2) is 9.97 Å². The summed E-state index contributed by atoms with van der Waals surface area (Å²) in [6.45, 7) is 5.91. The molecule has 0 aliphatic rings. The summed E-state index contributed by atoms with van der Waals surface area (Å²) in [5, 5.41) is 8.60. The first-order valence-electron chi connectivity index (χ1n) is 3.88. The van der Waals surface area contributed by atoms with E-state index in [0.29, 0.717) is 17.3 Å². The Labute approximate surface area is 72.1 Å². The van der Waals surface area contributed by atoms with Gasteiger partial charge in [-0.25, -0.2) is 4.98 Å². The minimum atomic E-state index is 0.365. The maximum Gasteiger partial charge on any atom is 0.161 e. The van der Waals surface area contributed by atoms with E-state index in [1.807, 2.05) is 6.07 Å². The van der Waals surface area contributed by atoms with Gasteiger partial charge in [0, 0.05) is 0 Å². The summed E-state index contributed by atoms with van der Waals surface area (Å²) in [5.41, 5.74) is 2.06. The number of aromatic nitrogens is 2. The Morgan fingerprint density at radius 1 is 1.50 bits per heavy atom. The van der Waals surface area contributed by atoms with E-state index in [0.717, 1.165) is 5.69 Å². The first kappa shape index (κ1) is 8.66. The van der Waals surface area contributed by atoms with Crippen molar-refractivity contribution in [2.75, 3.05) is 0 Å². The highest BCUT2D eigenvalue weighted by Gasteiger charge is 2.04. The van der Waals surface area contributed by atoms with E-state index in [-0.39, 0.29) is 0 Å². The zero-order chi connectivity index (χ0) is 9.14. The lowest BCUT2D eigenvalue weighted by molar-refractivity contribution is 0.800. The summed E-state index contributed by atoms with van der Waals surface area (Å²) in [6.07, 6.45) is 1.66. The fourth-order valence-corrected chi connectivity index (χ4v) is 0.888. The molecule has 12 heavy (non-hydrogen) atoms. The summed E-state index contributed by atoms with van der Waals surface area (Å²) in [7, 11) is 0. The summed E-state index contributed by atoms with van der Waals surface area (Å²) in [6, 6.07) is 1.99. The molecular weight excluding hydrogens is 150 g/mol. The van der Waals surface area contributed by atoms with Gasteiger partial charge in [-0.15, -0.1) is 0 Å². The fourth-order valence-electron chi connectivity index (χ4n) is 0.888. The van der Waals surface area contributed by atoms with Gasteiger partial charge in [0.05, 0.1) is 17.6 Å². The van der Waals surface area contributed by atoms with Crippen LogP contribution in [0.1, 0.15) is 36.8 Å². The van der Waals surface area contributed by atoms with Crippen molar-refractivity contribution in [3.8, 4) is 6.07 Å². The molecule has 0 saturated heterocycles. The molecule has 0 N–H and O–H groups in total. The lowest BCUT2D eigenvalue weighted by atomic mass is 10.1. The maximum atomic E-state index is 8.60. The fraction of sp³-hybridized carbons (Fsp3) is 0.444. The van der Waals surface area contributed by atoms with Crippen LogP contribution in [0.3, 0.4) is 0 Å². The standard InChI is InChI=1S/C9H11N3/c1-6(2)9-5-11-8(4-10)7(3)12-9/h5-6H,1-3H3. The summed E-state index contributed by atoms with van der Waals surface area (Å²) < 4.78 is 0. The van der Waals surface area contributed by atoms with Crippen LogP contribution in [0.25, 0.3) is 0 Å². The van der Waals surface area contributed by atoms with Crippen LogP contribution in [0, 0.1) is 18.3 Å². The molecular formula is C9H11N3. The summed E-state index contributed by atoms with van der Waals surface area (Å²) in [5.74, 6) is 0.365. The Hall–Kier alpha value is -1.43. The van der Waals surface area contributed by atoms with Gasteiger partial charge < -0.3 is 0 Å². The second kappa shape index (κ2) is 3.31. The molecule has 1 heterocycles. The van der Waals surface area contributed by atoms with Crippen LogP contribution in [-0.2, 0) is 0 Å². The van der Waals surface area contributed by atoms with E-state index in [4.69, 9.17) is 5.26 Å². The molecule has 3 nitrogen and oxygen atoms in total. The number of nitrogens with zero attached hydrogens (tertiary/aromatic N) is 3. The van der Waals surface area contributed by atoms with E-state index in [1.54, 1.807) is 13.1 Å². The number of rotatable bonds is 1. The average Bonchev–Trinajstić information content (AvgIpc) is 2.04. The molecule has 1 aromatic heterocycles. The van der Waals surface area contributed by atoms with Crippen LogP contribution in [0.4, 0.5) is 0 Å². The van der Waals surface area contributed by atoms with Gasteiger partial charge in [-0.2, -0.15) is 5.26 Å². The lowest BCUT2D eigenvalue weighted by Crippen LogP contribution is -1.99. The minimum absolute atomic E-state index is 0.365. The van der Waals surface area contributed by atoms with Gasteiger partial charge >= 0.3 is 0 Å². The van der Waals surface area contributed by atoms with Crippen molar-refractivity contribution in [3.63, 3.8) is 0 Å². The van der Waals surface area contributed by atoms with Crippen molar-refractivity contribution < 1.29 is 0 Å². The number of hydrogen-bond donors (Lipinski definition) is 0. The van der Waals surface area contributed by atoms with Crippen molar-refractivity contribution in [2.24, 2.45) is 0 Å². The Kier molecular flexibility index (Phi) is 2.39. The Morgan fingerprint density at radius 2 is 2.17 bits per heavy atom. The SMILES string of the molecule is Cc1nc(C(C)C)cnc1C#N. The predicted molar refractivity (Wildman–Crippen MR) is 45.6 cm³/mol. The van der Waals surface area contributed by atoms with E-state index >= 15 is 0 Å². The Balaban J connectivity index is 3.12. The topological polar surface area (TPSA) is 49.6 Å². The van der Waals surface area contributed by atoms with Crippen molar-refractivity contribution in [3.05, 3.63) is 23.3 Å². The van der Waals surface area contributed by atoms with Crippen LogP contribution >= 0.6 is 0 Å². The number of nitriles is 1. The van der Waals surface area contributed by atoms with E-state index in [1.165, 1.54) is 0 Å². The largest absolute Gasteiger partial charge is 0.253 e. The van der Waals surface area contributed by atoms with Crippen molar-refractivity contribution in [2.45, 2.75) is 26.7 Å². The molecule has 0 bridgehead atoms. The number of aryl methyl sites for hydroxylation is 1. The quantitative estimate of drug-likeness (QED) is 0.630. The highest BCUT2D eigenvalue weighted by Crippen LogP contribution is 2.11. The monoisotopic (exact) mass is 161 g/mol. The van der Waals surface area contributed by atoms with E-state index in [9.17, 15) is 0 Å². The third kappa shape index (κ3) is 1.59. The molecule has 0 spiro atoms. The third-order valence-electron chi connectivity index (χ3n) is 1.66. The highest BCUT2D eigenvalue weighted by atomic mass is 14.8. The van der Waals surface area contributed by atoms with Crippen LogP contribution in [0.2, 0.25) is 0 Å². The molecule has 3 heteroatoms. The third-order valence-corrected chi connectivity index (χ3v) is 1.66. The molecule has 0 aliphatic carbocycles. The van der Waals surface area contributed by atoms with Gasteiger partial charge in [0.2, 0.25) is 0 Å². The Morgan fingerprint density at radius 3 is 2.58 bits per heavy atom. The molecule has 62 valence electrons. The summed E-state index contributed by atoms with van der Waals surface area (Å²) in [4.78, 5) is 8.25. The van der Waals surface area contributed by atoms with Gasteiger partial charge in [0.15, 0.2) is 5.69 Å². The number of hydrogen-bond acceptors (Lipinski definition) is 3. The first-order chi connectivity index (χ1) is 5.65. The van der Waals surface area contributed by atoms with Crippen LogP contribution in [0.15, 0.2) is 6.20 Å². The van der Waals surface area contributed by atoms with Gasteiger partial charge in [0.25, 0.3) is 0 Å². The van der Waals surface area contributed by atoms with Crippen molar-refractivity contribution in [1.82, 2.24) is 9.97 Å². The maximum absolute atomic E-state index is 8.60. The minimum Gasteiger partial charge on any atom is -0.253 e. The molecule has 0 amide bonds. The predicted octanol–water partition coefficient (Wildman–Crippen LogP) is 1.78. The van der Waals surface area contributed by atoms with Crippen LogP contribution in [0.5, 0.6) is 0 Å². The van der Waals surface area contributed by atoms with Gasteiger partial charge in [-0.1, -0.05) is 13.8 Å². The van der Waals surface area contributed by atoms with Crippen LogP contribution < -0.4 is 0 Å². The smallest absolute Gasteiger partial charge is 0.161 e. The highest BCUT2D eigenvalue weighted by molar-refractivity contribution is 5.25. The van der Waals surface area contributed by atoms with Crippen molar-refractivity contribution in [1.29, 1.82) is 5.26 Å². The normalized spacial score (nSPS) is 9.92. The van der Waals surface area contributed by atoms with Gasteiger partial charge in [-0.3, -0.25) is 4.98 Å². The molecule has 0 unspecified atom stereocenters. The van der Waals surface area contributed by atoms with E-state index < -0.39 is 0 Å². The molecule has 0 saturated carbocycles. The molecule has 0 aromatic carbocycles. The molecule has 1 rings (SSSR count). The lowest BCUT2D eigenvalue weighted by Gasteiger charge is -2.04. The van der Waals surface area contributed by atoms with Gasteiger partial charge in [-0.05, 0) is 12.8 Å².